The Bertz CT molecular complexity index is 1060. The lowest BCUT2D eigenvalue weighted by Crippen LogP contribution is -2.45. The maximum absolute atomic E-state index is 11.9. The molecule has 158 valence electrons. The van der Waals surface area contributed by atoms with Gasteiger partial charge in [-0.2, -0.15) is 5.10 Å². The van der Waals surface area contributed by atoms with Crippen molar-refractivity contribution < 1.29 is 9.53 Å². The first-order valence-electron chi connectivity index (χ1n) is 10.4. The molecule has 1 aromatic carbocycles. The van der Waals surface area contributed by atoms with Gasteiger partial charge in [-0.25, -0.2) is 4.98 Å². The maximum Gasteiger partial charge on any atom is 0.267 e. The number of amides is 1. The molecule has 4 rings (SSSR count). The van der Waals surface area contributed by atoms with Crippen LogP contribution < -0.4 is 5.73 Å². The highest BCUT2D eigenvalue weighted by Gasteiger charge is 2.24. The number of carbonyl (C=O) groups excluding carboxylic acids is 1. The maximum atomic E-state index is 11.9. The second-order valence-corrected chi connectivity index (χ2v) is 8.50. The van der Waals surface area contributed by atoms with Crippen LogP contribution in [0.3, 0.4) is 0 Å². The molecule has 2 aromatic heterocycles. The molecule has 2 N–H and O–H groups in total. The molecule has 0 saturated carbocycles. The van der Waals surface area contributed by atoms with Crippen molar-refractivity contribution in [3.8, 4) is 11.1 Å². The summed E-state index contributed by atoms with van der Waals surface area (Å²) >= 11 is 0. The summed E-state index contributed by atoms with van der Waals surface area (Å²) in [7, 11) is 1.87. The predicted molar refractivity (Wildman–Crippen MR) is 117 cm³/mol. The largest absolute Gasteiger partial charge is 0.378 e. The van der Waals surface area contributed by atoms with E-state index in [-0.39, 0.29) is 5.69 Å². The molecule has 3 heterocycles. The fraction of sp³-hybridized carbons (Fsp3) is 0.435. The monoisotopic (exact) mass is 407 g/mol. The van der Waals surface area contributed by atoms with E-state index in [0.29, 0.717) is 12.0 Å². The molecule has 1 unspecified atom stereocenters. The van der Waals surface area contributed by atoms with Crippen molar-refractivity contribution >= 4 is 16.8 Å². The average Bonchev–Trinajstić information content (AvgIpc) is 3.14. The summed E-state index contributed by atoms with van der Waals surface area (Å²) < 4.78 is 7.46. The molecule has 7 heteroatoms. The Kier molecular flexibility index (Phi) is 5.83. The highest BCUT2D eigenvalue weighted by atomic mass is 16.5. The van der Waals surface area contributed by atoms with E-state index in [4.69, 9.17) is 10.5 Å². The average molecular weight is 408 g/mol. The minimum Gasteiger partial charge on any atom is -0.378 e. The number of benzene rings is 1. The fourth-order valence-corrected chi connectivity index (χ4v) is 4.19. The molecule has 0 spiro atoms. The van der Waals surface area contributed by atoms with Crippen LogP contribution in [0.25, 0.3) is 22.0 Å². The summed E-state index contributed by atoms with van der Waals surface area (Å²) in [6.07, 6.45) is 4.83. The third kappa shape index (κ3) is 4.37. The van der Waals surface area contributed by atoms with Gasteiger partial charge in [0, 0.05) is 43.3 Å². The molecule has 1 fully saturated rings. The van der Waals surface area contributed by atoms with E-state index in [2.05, 4.69) is 47.0 Å². The van der Waals surface area contributed by atoms with Crippen molar-refractivity contribution in [2.45, 2.75) is 32.9 Å². The first-order chi connectivity index (χ1) is 14.4. The van der Waals surface area contributed by atoms with Gasteiger partial charge in [0.2, 0.25) is 0 Å². The Balaban J connectivity index is 1.70. The molecule has 1 aliphatic rings. The normalized spacial score (nSPS) is 17.7. The second kappa shape index (κ2) is 8.53. The third-order valence-electron chi connectivity index (χ3n) is 5.62. The lowest BCUT2D eigenvalue weighted by molar-refractivity contribution is -0.0186. The Morgan fingerprint density at radius 1 is 1.33 bits per heavy atom. The first-order valence-corrected chi connectivity index (χ1v) is 10.4. The molecule has 1 saturated heterocycles. The number of pyridine rings is 1. The molecule has 1 aliphatic heterocycles. The molecule has 0 radical (unpaired) electrons. The smallest absolute Gasteiger partial charge is 0.267 e. The number of rotatable bonds is 6. The number of carbonyl (C=O) groups is 1. The quantitative estimate of drug-likeness (QED) is 0.679. The molecule has 30 heavy (non-hydrogen) atoms. The van der Waals surface area contributed by atoms with E-state index in [1.54, 1.807) is 16.9 Å². The van der Waals surface area contributed by atoms with Crippen LogP contribution in [0.5, 0.6) is 0 Å². The van der Waals surface area contributed by atoms with Gasteiger partial charge < -0.3 is 10.5 Å². The van der Waals surface area contributed by atoms with Crippen LogP contribution in [-0.2, 0) is 18.3 Å². The molecule has 1 amide bonds. The first kappa shape index (κ1) is 20.5. The summed E-state index contributed by atoms with van der Waals surface area (Å²) in [4.78, 5) is 18.9. The summed E-state index contributed by atoms with van der Waals surface area (Å²) in [5, 5.41) is 5.25. The van der Waals surface area contributed by atoms with Gasteiger partial charge in [-0.3, -0.25) is 14.4 Å². The van der Waals surface area contributed by atoms with Crippen LogP contribution in [0, 0.1) is 5.92 Å². The number of nitrogens with two attached hydrogens (primary N) is 1. The van der Waals surface area contributed by atoms with Gasteiger partial charge in [-0.05, 0) is 35.6 Å². The summed E-state index contributed by atoms with van der Waals surface area (Å²) in [6, 6.07) is 8.48. The van der Waals surface area contributed by atoms with Gasteiger partial charge in [0.05, 0.1) is 24.9 Å². The highest BCUT2D eigenvalue weighted by molar-refractivity contribution is 6.00. The van der Waals surface area contributed by atoms with E-state index in [0.717, 1.165) is 54.8 Å². The molecule has 0 aliphatic carbocycles. The predicted octanol–water partition coefficient (Wildman–Crippen LogP) is 2.98. The zero-order chi connectivity index (χ0) is 21.3. The van der Waals surface area contributed by atoms with Gasteiger partial charge in [-0.15, -0.1) is 0 Å². The van der Waals surface area contributed by atoms with E-state index >= 15 is 0 Å². The Hall–Kier alpha value is -2.77. The van der Waals surface area contributed by atoms with Crippen molar-refractivity contribution in [2.75, 3.05) is 19.8 Å². The summed E-state index contributed by atoms with van der Waals surface area (Å²) in [5.74, 6) is 0.0928. The van der Waals surface area contributed by atoms with Crippen LogP contribution >= 0.6 is 0 Å². The van der Waals surface area contributed by atoms with Crippen molar-refractivity contribution in [3.05, 3.63) is 47.9 Å². The third-order valence-corrected chi connectivity index (χ3v) is 5.62. The summed E-state index contributed by atoms with van der Waals surface area (Å²) in [6.45, 7) is 7.79. The SMILES string of the molecule is CC(C)CC1COCCN1Cc1ccc2c(-c3cnn(C)c3)cc(C(N)=O)nc2c1. The number of fused-ring (bicyclic) bond motifs is 1. The lowest BCUT2D eigenvalue weighted by Gasteiger charge is -2.36. The van der Waals surface area contributed by atoms with Gasteiger partial charge in [0.15, 0.2) is 0 Å². The minimum absolute atomic E-state index is 0.266. The van der Waals surface area contributed by atoms with Crippen LogP contribution in [0.4, 0.5) is 0 Å². The van der Waals surface area contributed by atoms with E-state index in [1.807, 2.05) is 13.2 Å². The fourth-order valence-electron chi connectivity index (χ4n) is 4.19. The van der Waals surface area contributed by atoms with Crippen molar-refractivity contribution in [1.82, 2.24) is 19.7 Å². The number of morpholine rings is 1. The van der Waals surface area contributed by atoms with Crippen LogP contribution in [0.1, 0.15) is 36.3 Å². The van der Waals surface area contributed by atoms with Gasteiger partial charge in [0.1, 0.15) is 5.69 Å². The summed E-state index contributed by atoms with van der Waals surface area (Å²) in [5.41, 5.74) is 9.63. The standard InChI is InChI=1S/C23H29N5O2/c1-15(2)8-18-14-30-7-6-28(18)12-16-4-5-19-20(17-11-25-27(3)13-17)10-22(23(24)29)26-21(19)9-16/h4-5,9-11,13,15,18H,6-8,12,14H2,1-3H3,(H2,24,29). The Morgan fingerprint density at radius 2 is 2.17 bits per heavy atom. The van der Waals surface area contributed by atoms with Gasteiger partial charge >= 0.3 is 0 Å². The topological polar surface area (TPSA) is 86.3 Å². The molecule has 1 atom stereocenters. The molecule has 3 aromatic rings. The number of hydrogen-bond acceptors (Lipinski definition) is 5. The minimum atomic E-state index is -0.530. The van der Waals surface area contributed by atoms with Crippen molar-refractivity contribution in [2.24, 2.45) is 18.7 Å². The number of ether oxygens (including phenoxy) is 1. The van der Waals surface area contributed by atoms with Crippen LogP contribution in [-0.4, -0.2) is 51.4 Å². The molecule has 0 bridgehead atoms. The van der Waals surface area contributed by atoms with Crippen molar-refractivity contribution in [3.63, 3.8) is 0 Å². The highest BCUT2D eigenvalue weighted by Crippen LogP contribution is 2.30. The van der Waals surface area contributed by atoms with Crippen molar-refractivity contribution in [1.29, 1.82) is 0 Å². The molecular formula is C23H29N5O2. The second-order valence-electron chi connectivity index (χ2n) is 8.50. The van der Waals surface area contributed by atoms with Crippen LogP contribution in [0.15, 0.2) is 36.7 Å². The number of aryl methyl sites for hydroxylation is 1. The number of aromatic nitrogens is 3. The van der Waals surface area contributed by atoms with E-state index in [1.165, 1.54) is 5.56 Å². The number of hydrogen-bond donors (Lipinski definition) is 1. The van der Waals surface area contributed by atoms with Crippen LogP contribution in [0.2, 0.25) is 0 Å². The zero-order valence-corrected chi connectivity index (χ0v) is 17.8. The lowest BCUT2D eigenvalue weighted by atomic mass is 9.99. The van der Waals surface area contributed by atoms with E-state index in [9.17, 15) is 4.79 Å². The van der Waals surface area contributed by atoms with Gasteiger partial charge in [0.25, 0.3) is 5.91 Å². The zero-order valence-electron chi connectivity index (χ0n) is 17.8. The van der Waals surface area contributed by atoms with E-state index < -0.39 is 5.91 Å². The van der Waals surface area contributed by atoms with Gasteiger partial charge in [-0.1, -0.05) is 26.0 Å². The Labute approximate surface area is 176 Å². The Morgan fingerprint density at radius 3 is 2.87 bits per heavy atom. The molecular weight excluding hydrogens is 378 g/mol. The number of nitrogens with zero attached hydrogens (tertiary/aromatic N) is 4. The molecule has 7 nitrogen and oxygen atoms in total. The number of primary amides is 1.